The van der Waals surface area contributed by atoms with Crippen molar-refractivity contribution in [1.29, 1.82) is 0 Å². The first-order chi connectivity index (χ1) is 7.29. The second-order valence-corrected chi connectivity index (χ2v) is 5.31. The van der Waals surface area contributed by atoms with Gasteiger partial charge in [0.05, 0.1) is 0 Å². The normalized spacial score (nSPS) is 20.8. The first-order valence-corrected chi connectivity index (χ1v) is 7.05. The zero-order valence-corrected chi connectivity index (χ0v) is 10.7. The molecule has 0 radical (unpaired) electrons. The van der Waals surface area contributed by atoms with Crippen LogP contribution < -0.4 is 5.73 Å². The Balaban J connectivity index is 2.41. The highest BCUT2D eigenvalue weighted by Crippen LogP contribution is 2.31. The number of hydrogen-bond acceptors (Lipinski definition) is 1. The summed E-state index contributed by atoms with van der Waals surface area (Å²) in [4.78, 5) is 0. The second-order valence-electron chi connectivity index (χ2n) is 5.31. The van der Waals surface area contributed by atoms with E-state index in [2.05, 4.69) is 13.8 Å². The maximum atomic E-state index is 6.46. The molecule has 1 heteroatoms. The predicted octanol–water partition coefficient (Wildman–Crippen LogP) is 4.11. The lowest BCUT2D eigenvalue weighted by molar-refractivity contribution is 0.225. The summed E-state index contributed by atoms with van der Waals surface area (Å²) < 4.78 is 0. The lowest BCUT2D eigenvalue weighted by atomic mass is 9.76. The Morgan fingerprint density at radius 1 is 1.00 bits per heavy atom. The SMILES string of the molecule is CCCC(CCC)C(N)C1CCCCC1. The van der Waals surface area contributed by atoms with Gasteiger partial charge >= 0.3 is 0 Å². The van der Waals surface area contributed by atoms with Crippen LogP contribution >= 0.6 is 0 Å². The minimum absolute atomic E-state index is 0.491. The molecule has 1 fully saturated rings. The monoisotopic (exact) mass is 211 g/mol. The van der Waals surface area contributed by atoms with Gasteiger partial charge in [0.1, 0.15) is 0 Å². The first kappa shape index (κ1) is 13.0. The Labute approximate surface area is 95.8 Å². The molecule has 1 nitrogen and oxygen atoms in total. The largest absolute Gasteiger partial charge is 0.327 e. The zero-order valence-electron chi connectivity index (χ0n) is 10.7. The van der Waals surface area contributed by atoms with Crippen molar-refractivity contribution in [3.63, 3.8) is 0 Å². The third-order valence-electron chi connectivity index (χ3n) is 4.06. The Bertz CT molecular complexity index is 143. The smallest absolute Gasteiger partial charge is 0.00956 e. The summed E-state index contributed by atoms with van der Waals surface area (Å²) in [5, 5.41) is 0. The van der Waals surface area contributed by atoms with Crippen LogP contribution in [0.25, 0.3) is 0 Å². The van der Waals surface area contributed by atoms with Crippen LogP contribution in [-0.4, -0.2) is 6.04 Å². The van der Waals surface area contributed by atoms with E-state index >= 15 is 0 Å². The quantitative estimate of drug-likeness (QED) is 0.703. The number of nitrogens with two attached hydrogens (primary N) is 1. The summed E-state index contributed by atoms with van der Waals surface area (Å²) in [5.74, 6) is 1.63. The van der Waals surface area contributed by atoms with Crippen molar-refractivity contribution in [2.75, 3.05) is 0 Å². The molecule has 2 N–H and O–H groups in total. The fraction of sp³-hybridized carbons (Fsp3) is 1.00. The molecular weight excluding hydrogens is 182 g/mol. The Morgan fingerprint density at radius 3 is 2.00 bits per heavy atom. The molecule has 1 aliphatic carbocycles. The fourth-order valence-electron chi connectivity index (χ4n) is 3.17. The molecule has 0 spiro atoms. The molecular formula is C14H29N. The van der Waals surface area contributed by atoms with Crippen molar-refractivity contribution in [2.45, 2.75) is 77.7 Å². The molecule has 1 rings (SSSR count). The van der Waals surface area contributed by atoms with E-state index in [-0.39, 0.29) is 0 Å². The summed E-state index contributed by atoms with van der Waals surface area (Å²) in [6, 6.07) is 0.491. The molecule has 90 valence electrons. The van der Waals surface area contributed by atoms with Gasteiger partial charge in [0.15, 0.2) is 0 Å². The van der Waals surface area contributed by atoms with Crippen LogP contribution in [0.15, 0.2) is 0 Å². The summed E-state index contributed by atoms with van der Waals surface area (Å²) in [7, 11) is 0. The molecule has 0 heterocycles. The van der Waals surface area contributed by atoms with Gasteiger partial charge in [0, 0.05) is 6.04 Å². The van der Waals surface area contributed by atoms with Gasteiger partial charge in [0.25, 0.3) is 0 Å². The average molecular weight is 211 g/mol. The third kappa shape index (κ3) is 4.14. The number of rotatable bonds is 6. The van der Waals surface area contributed by atoms with Crippen LogP contribution in [-0.2, 0) is 0 Å². The molecule has 1 unspecified atom stereocenters. The minimum Gasteiger partial charge on any atom is -0.327 e. The molecule has 0 aliphatic heterocycles. The third-order valence-corrected chi connectivity index (χ3v) is 4.06. The maximum Gasteiger partial charge on any atom is 0.00956 e. The van der Waals surface area contributed by atoms with Crippen LogP contribution in [0, 0.1) is 11.8 Å². The van der Waals surface area contributed by atoms with Crippen LogP contribution in [0.1, 0.15) is 71.6 Å². The van der Waals surface area contributed by atoms with Crippen molar-refractivity contribution >= 4 is 0 Å². The van der Waals surface area contributed by atoms with Gasteiger partial charge in [-0.05, 0) is 37.5 Å². The minimum atomic E-state index is 0.491. The Hall–Kier alpha value is -0.0400. The highest BCUT2D eigenvalue weighted by atomic mass is 14.7. The van der Waals surface area contributed by atoms with E-state index in [1.807, 2.05) is 0 Å². The lowest BCUT2D eigenvalue weighted by Crippen LogP contribution is -2.38. The van der Waals surface area contributed by atoms with Gasteiger partial charge in [-0.2, -0.15) is 0 Å². The van der Waals surface area contributed by atoms with Crippen LogP contribution in [0.5, 0.6) is 0 Å². The van der Waals surface area contributed by atoms with Gasteiger partial charge in [0.2, 0.25) is 0 Å². The van der Waals surface area contributed by atoms with E-state index in [4.69, 9.17) is 5.73 Å². The lowest BCUT2D eigenvalue weighted by Gasteiger charge is -2.33. The van der Waals surface area contributed by atoms with Gasteiger partial charge in [-0.1, -0.05) is 46.0 Å². The van der Waals surface area contributed by atoms with Gasteiger partial charge < -0.3 is 5.73 Å². The van der Waals surface area contributed by atoms with Crippen molar-refractivity contribution in [3.05, 3.63) is 0 Å². The molecule has 0 saturated heterocycles. The van der Waals surface area contributed by atoms with E-state index in [0.29, 0.717) is 6.04 Å². The van der Waals surface area contributed by atoms with Gasteiger partial charge in [-0.15, -0.1) is 0 Å². The Morgan fingerprint density at radius 2 is 1.53 bits per heavy atom. The van der Waals surface area contributed by atoms with Crippen LogP contribution in [0.2, 0.25) is 0 Å². The molecule has 0 aromatic heterocycles. The summed E-state index contributed by atoms with van der Waals surface area (Å²) in [6.45, 7) is 4.58. The summed E-state index contributed by atoms with van der Waals surface area (Å²) in [5.41, 5.74) is 6.46. The molecule has 0 bridgehead atoms. The maximum absolute atomic E-state index is 6.46. The molecule has 0 amide bonds. The molecule has 0 aromatic rings. The topological polar surface area (TPSA) is 26.0 Å². The van der Waals surface area contributed by atoms with Crippen molar-refractivity contribution in [1.82, 2.24) is 0 Å². The summed E-state index contributed by atoms with van der Waals surface area (Å²) in [6.07, 6.45) is 12.3. The van der Waals surface area contributed by atoms with E-state index in [9.17, 15) is 0 Å². The average Bonchev–Trinajstić information content (AvgIpc) is 2.29. The fourth-order valence-corrected chi connectivity index (χ4v) is 3.17. The van der Waals surface area contributed by atoms with Gasteiger partial charge in [-0.25, -0.2) is 0 Å². The molecule has 1 atom stereocenters. The highest BCUT2D eigenvalue weighted by molar-refractivity contribution is 4.82. The van der Waals surface area contributed by atoms with E-state index in [0.717, 1.165) is 11.8 Å². The van der Waals surface area contributed by atoms with Crippen molar-refractivity contribution in [2.24, 2.45) is 17.6 Å². The summed E-state index contributed by atoms with van der Waals surface area (Å²) >= 11 is 0. The standard InChI is InChI=1S/C14H29N/c1-3-8-12(9-4-2)14(15)13-10-6-5-7-11-13/h12-14H,3-11,15H2,1-2H3. The first-order valence-electron chi connectivity index (χ1n) is 7.05. The zero-order chi connectivity index (χ0) is 11.1. The van der Waals surface area contributed by atoms with Crippen LogP contribution in [0.4, 0.5) is 0 Å². The van der Waals surface area contributed by atoms with Crippen molar-refractivity contribution < 1.29 is 0 Å². The van der Waals surface area contributed by atoms with Crippen LogP contribution in [0.3, 0.4) is 0 Å². The van der Waals surface area contributed by atoms with E-state index in [1.54, 1.807) is 0 Å². The van der Waals surface area contributed by atoms with E-state index < -0.39 is 0 Å². The van der Waals surface area contributed by atoms with Crippen molar-refractivity contribution in [3.8, 4) is 0 Å². The molecule has 1 saturated carbocycles. The predicted molar refractivity (Wildman–Crippen MR) is 67.9 cm³/mol. The number of hydrogen-bond donors (Lipinski definition) is 1. The van der Waals surface area contributed by atoms with E-state index in [1.165, 1.54) is 57.8 Å². The molecule has 0 aromatic carbocycles. The molecule has 1 aliphatic rings. The Kier molecular flexibility index (Phi) is 6.31. The second kappa shape index (κ2) is 7.27. The van der Waals surface area contributed by atoms with Gasteiger partial charge in [-0.3, -0.25) is 0 Å². The highest BCUT2D eigenvalue weighted by Gasteiger charge is 2.26. The molecule has 15 heavy (non-hydrogen) atoms.